The van der Waals surface area contributed by atoms with E-state index in [1.165, 1.54) is 11.6 Å². The quantitative estimate of drug-likeness (QED) is 0.383. The summed E-state index contributed by atoms with van der Waals surface area (Å²) in [5.41, 5.74) is 3.59. The number of imidazole rings is 1. The zero-order chi connectivity index (χ0) is 25.7. The summed E-state index contributed by atoms with van der Waals surface area (Å²) in [6, 6.07) is 7.76. The molecule has 10 heteroatoms. The van der Waals surface area contributed by atoms with Crippen LogP contribution in [0.15, 0.2) is 30.5 Å². The third-order valence-electron chi connectivity index (χ3n) is 7.25. The van der Waals surface area contributed by atoms with Crippen LogP contribution in [0.1, 0.15) is 42.9 Å². The molecular formula is C27H30F2N8. The molecule has 0 spiro atoms. The summed E-state index contributed by atoms with van der Waals surface area (Å²) in [6.45, 7) is 6.83. The summed E-state index contributed by atoms with van der Waals surface area (Å²) in [6.07, 6.45) is 4.03. The van der Waals surface area contributed by atoms with E-state index in [9.17, 15) is 8.78 Å². The number of benzene rings is 1. The average Bonchev–Trinajstić information content (AvgIpc) is 3.66. The number of likely N-dealkylation sites (N-methyl/N-ethyl adjacent to an activating group) is 1. The van der Waals surface area contributed by atoms with Crippen molar-refractivity contribution in [3.8, 4) is 11.3 Å². The molecule has 37 heavy (non-hydrogen) atoms. The van der Waals surface area contributed by atoms with E-state index >= 15 is 0 Å². The van der Waals surface area contributed by atoms with E-state index in [0.717, 1.165) is 56.6 Å². The van der Waals surface area contributed by atoms with Crippen molar-refractivity contribution in [2.45, 2.75) is 51.7 Å². The van der Waals surface area contributed by atoms with Gasteiger partial charge in [0.25, 0.3) is 0 Å². The van der Waals surface area contributed by atoms with Crippen molar-refractivity contribution >= 4 is 22.8 Å². The minimum absolute atomic E-state index is 0.0340. The van der Waals surface area contributed by atoms with E-state index in [0.29, 0.717) is 34.5 Å². The van der Waals surface area contributed by atoms with Crippen LogP contribution in [0.3, 0.4) is 0 Å². The highest BCUT2D eigenvalue weighted by Gasteiger charge is 2.28. The second-order valence-electron chi connectivity index (χ2n) is 10.1. The van der Waals surface area contributed by atoms with Gasteiger partial charge in [-0.3, -0.25) is 4.90 Å². The van der Waals surface area contributed by atoms with Gasteiger partial charge in [0.15, 0.2) is 11.6 Å². The van der Waals surface area contributed by atoms with Gasteiger partial charge in [-0.25, -0.2) is 28.7 Å². The maximum atomic E-state index is 15.0. The molecule has 1 aliphatic heterocycles. The van der Waals surface area contributed by atoms with Gasteiger partial charge < -0.3 is 15.2 Å². The first-order chi connectivity index (χ1) is 17.9. The molecule has 2 N–H and O–H groups in total. The number of hydrogen-bond donors (Lipinski definition) is 2. The van der Waals surface area contributed by atoms with Crippen LogP contribution in [0, 0.1) is 18.6 Å². The van der Waals surface area contributed by atoms with E-state index in [2.05, 4.69) is 43.5 Å². The van der Waals surface area contributed by atoms with Crippen LogP contribution in [0.4, 0.5) is 20.5 Å². The molecule has 1 atom stereocenters. The lowest BCUT2D eigenvalue weighted by Gasteiger charge is -2.30. The van der Waals surface area contributed by atoms with Crippen LogP contribution in [0.2, 0.25) is 0 Å². The van der Waals surface area contributed by atoms with Gasteiger partial charge in [-0.1, -0.05) is 6.07 Å². The van der Waals surface area contributed by atoms with Crippen LogP contribution in [0.5, 0.6) is 0 Å². The Morgan fingerprint density at radius 2 is 1.95 bits per heavy atom. The monoisotopic (exact) mass is 504 g/mol. The van der Waals surface area contributed by atoms with Crippen LogP contribution in [-0.2, 0) is 13.0 Å². The first-order valence-corrected chi connectivity index (χ1v) is 12.8. The van der Waals surface area contributed by atoms with Gasteiger partial charge in [0.2, 0.25) is 5.95 Å². The molecule has 1 aromatic carbocycles. The summed E-state index contributed by atoms with van der Waals surface area (Å²) in [5.74, 6) is 0.455. The zero-order valence-corrected chi connectivity index (χ0v) is 21.2. The van der Waals surface area contributed by atoms with Gasteiger partial charge in [0, 0.05) is 49.4 Å². The van der Waals surface area contributed by atoms with Crippen LogP contribution in [0.25, 0.3) is 22.3 Å². The van der Waals surface area contributed by atoms with Gasteiger partial charge in [-0.2, -0.15) is 0 Å². The van der Waals surface area contributed by atoms with Gasteiger partial charge in [-0.15, -0.1) is 0 Å². The summed E-state index contributed by atoms with van der Waals surface area (Å²) < 4.78 is 31.9. The molecule has 0 radical (unpaired) electrons. The number of halogens is 2. The summed E-state index contributed by atoms with van der Waals surface area (Å²) in [4.78, 5) is 20.1. The molecule has 1 saturated carbocycles. The molecule has 1 fully saturated rings. The van der Waals surface area contributed by atoms with Gasteiger partial charge in [0.05, 0.1) is 11.7 Å². The number of fused-ring (bicyclic) bond motifs is 2. The first-order valence-electron chi connectivity index (χ1n) is 12.8. The number of pyridine rings is 1. The molecule has 0 saturated heterocycles. The highest BCUT2D eigenvalue weighted by Crippen LogP contribution is 2.40. The predicted octanol–water partition coefficient (Wildman–Crippen LogP) is 4.52. The van der Waals surface area contributed by atoms with E-state index in [1.807, 2.05) is 24.6 Å². The lowest BCUT2D eigenvalue weighted by atomic mass is 10.1. The van der Waals surface area contributed by atoms with Gasteiger partial charge in [-0.05, 0) is 57.5 Å². The predicted molar refractivity (Wildman–Crippen MR) is 139 cm³/mol. The molecule has 1 aliphatic carbocycles. The van der Waals surface area contributed by atoms with Crippen molar-refractivity contribution in [3.05, 3.63) is 59.2 Å². The molecule has 2 aliphatic rings. The second-order valence-corrected chi connectivity index (χ2v) is 10.1. The first kappa shape index (κ1) is 23.9. The standard InChI is InChI=1S/C27H30F2N8/c1-15(30-3)13-36-9-8-22-17(14-36)4-7-24(33-22)34-27-31-12-21(29)25(35-27)18-10-20(28)26-23(11-18)37(16(2)32-26)19-5-6-19/h4,7,10-12,15,19,30H,5-6,8-9,13-14H2,1-3H3,(H,31,33,34,35)/t15-/m1/s1. The van der Waals surface area contributed by atoms with Crippen LogP contribution < -0.4 is 10.6 Å². The average molecular weight is 505 g/mol. The number of nitrogens with one attached hydrogen (secondary N) is 2. The lowest BCUT2D eigenvalue weighted by Crippen LogP contribution is -2.40. The Labute approximate surface area is 214 Å². The van der Waals surface area contributed by atoms with Gasteiger partial charge >= 0.3 is 0 Å². The minimum atomic E-state index is -0.618. The van der Waals surface area contributed by atoms with Gasteiger partial charge in [0.1, 0.15) is 22.9 Å². The summed E-state index contributed by atoms with van der Waals surface area (Å²) in [7, 11) is 1.98. The number of hydrogen-bond acceptors (Lipinski definition) is 7. The Bertz CT molecular complexity index is 1480. The zero-order valence-electron chi connectivity index (χ0n) is 21.2. The minimum Gasteiger partial charge on any atom is -0.325 e. The summed E-state index contributed by atoms with van der Waals surface area (Å²) >= 11 is 0. The third-order valence-corrected chi connectivity index (χ3v) is 7.25. The highest BCUT2D eigenvalue weighted by atomic mass is 19.1. The van der Waals surface area contributed by atoms with Crippen molar-refractivity contribution in [2.24, 2.45) is 0 Å². The number of aromatic nitrogens is 5. The molecular weight excluding hydrogens is 474 g/mol. The van der Waals surface area contributed by atoms with Crippen LogP contribution in [-0.4, -0.2) is 55.6 Å². The topological polar surface area (TPSA) is 83.8 Å². The summed E-state index contributed by atoms with van der Waals surface area (Å²) in [5, 5.41) is 6.39. The third kappa shape index (κ3) is 4.67. The molecule has 4 heterocycles. The van der Waals surface area contributed by atoms with E-state index in [4.69, 9.17) is 4.98 Å². The maximum absolute atomic E-state index is 15.0. The molecule has 0 bridgehead atoms. The largest absolute Gasteiger partial charge is 0.325 e. The molecule has 0 unspecified atom stereocenters. The normalized spacial score (nSPS) is 16.7. The SMILES string of the molecule is CN[C@H](C)CN1CCc2nc(Nc3ncc(F)c(-c4cc(F)c5nc(C)n(C6CC6)c5c4)n3)ccc2C1. The Hall–Kier alpha value is -3.50. The Balaban J connectivity index is 1.27. The number of rotatable bonds is 7. The van der Waals surface area contributed by atoms with E-state index in [1.54, 1.807) is 6.07 Å². The number of aryl methyl sites for hydroxylation is 1. The maximum Gasteiger partial charge on any atom is 0.229 e. The number of nitrogens with zero attached hydrogens (tertiary/aromatic N) is 6. The van der Waals surface area contributed by atoms with Crippen molar-refractivity contribution in [3.63, 3.8) is 0 Å². The fourth-order valence-electron chi connectivity index (χ4n) is 5.12. The van der Waals surface area contributed by atoms with Crippen molar-refractivity contribution < 1.29 is 8.78 Å². The Morgan fingerprint density at radius 3 is 2.73 bits per heavy atom. The smallest absolute Gasteiger partial charge is 0.229 e. The molecule has 0 amide bonds. The molecule has 8 nitrogen and oxygen atoms in total. The fraction of sp³-hybridized carbons (Fsp3) is 0.407. The number of anilines is 2. The Morgan fingerprint density at radius 1 is 1.11 bits per heavy atom. The van der Waals surface area contributed by atoms with Crippen molar-refractivity contribution in [2.75, 3.05) is 25.5 Å². The lowest BCUT2D eigenvalue weighted by molar-refractivity contribution is 0.231. The highest BCUT2D eigenvalue weighted by molar-refractivity contribution is 5.83. The Kier molecular flexibility index (Phi) is 6.08. The van der Waals surface area contributed by atoms with E-state index in [-0.39, 0.29) is 11.6 Å². The second kappa shape index (κ2) is 9.42. The fourth-order valence-corrected chi connectivity index (χ4v) is 5.12. The molecule has 4 aromatic rings. The van der Waals surface area contributed by atoms with Crippen molar-refractivity contribution in [1.29, 1.82) is 0 Å². The van der Waals surface area contributed by atoms with E-state index < -0.39 is 11.6 Å². The molecule has 3 aromatic heterocycles. The van der Waals surface area contributed by atoms with Crippen LogP contribution >= 0.6 is 0 Å². The molecule has 192 valence electrons. The van der Waals surface area contributed by atoms with Crippen molar-refractivity contribution in [1.82, 2.24) is 34.7 Å². The molecule has 6 rings (SSSR count).